The van der Waals surface area contributed by atoms with Crippen molar-refractivity contribution in [3.8, 4) is 0 Å². The zero-order valence-corrected chi connectivity index (χ0v) is 27.3. The largest absolute Gasteiger partial charge is 0.481 e. The lowest BCUT2D eigenvalue weighted by molar-refractivity contribution is -0.141. The normalized spacial score (nSPS) is 11.9. The molecule has 0 radical (unpaired) electrons. The number of Topliss-reactive ketones (excluding diaryl/α,β-unsaturated/α-hetero) is 1. The molecule has 0 saturated carbocycles. The van der Waals surface area contributed by atoms with Gasteiger partial charge in [-0.3, -0.25) is 18.7 Å². The standard InChI is InChI=1S/C37H29Cl2NO6S/c38-33-19-18-32(23-34(33)39)47(45,46)40(24-26-14-16-28(17-15-26)36(42)27-10-5-2-6-11-27)31-13-7-12-29(21-31)35(41)22-30(37(43)44)20-25-8-3-1-4-9-25/h1-19,21,23,30H,20,22,24H2,(H,43,44). The first-order valence-corrected chi connectivity index (χ1v) is 16.8. The van der Waals surface area contributed by atoms with Gasteiger partial charge in [0, 0.05) is 23.1 Å². The highest BCUT2D eigenvalue weighted by molar-refractivity contribution is 7.92. The molecule has 7 nitrogen and oxygen atoms in total. The number of hydrogen-bond donors (Lipinski definition) is 1. The Labute approximate surface area is 283 Å². The lowest BCUT2D eigenvalue weighted by Gasteiger charge is -2.25. The van der Waals surface area contributed by atoms with Gasteiger partial charge in [-0.05, 0) is 47.9 Å². The van der Waals surface area contributed by atoms with Crippen LogP contribution in [0.3, 0.4) is 0 Å². The second-order valence-corrected chi connectivity index (χ2v) is 13.6. The number of halogens is 2. The number of rotatable bonds is 13. The second kappa shape index (κ2) is 14.8. The molecular weight excluding hydrogens is 657 g/mol. The molecule has 0 aliphatic rings. The van der Waals surface area contributed by atoms with Crippen molar-refractivity contribution in [1.29, 1.82) is 0 Å². The highest BCUT2D eigenvalue weighted by atomic mass is 35.5. The van der Waals surface area contributed by atoms with Crippen molar-refractivity contribution in [3.05, 3.63) is 165 Å². The van der Waals surface area contributed by atoms with Crippen LogP contribution >= 0.6 is 23.2 Å². The fourth-order valence-electron chi connectivity index (χ4n) is 5.08. The molecule has 47 heavy (non-hydrogen) atoms. The number of carboxylic acid groups (broad SMARTS) is 1. The van der Waals surface area contributed by atoms with E-state index in [4.69, 9.17) is 23.2 Å². The van der Waals surface area contributed by atoms with Crippen LogP contribution < -0.4 is 4.31 Å². The average molecular weight is 687 g/mol. The molecule has 0 amide bonds. The van der Waals surface area contributed by atoms with Crippen molar-refractivity contribution in [2.45, 2.75) is 24.3 Å². The van der Waals surface area contributed by atoms with Crippen LogP contribution in [-0.2, 0) is 27.8 Å². The van der Waals surface area contributed by atoms with Crippen LogP contribution in [0.4, 0.5) is 5.69 Å². The predicted molar refractivity (Wildman–Crippen MR) is 183 cm³/mol. The SMILES string of the molecule is O=C(CC(Cc1ccccc1)C(=O)O)c1cccc(N(Cc2ccc(C(=O)c3ccccc3)cc2)S(=O)(=O)c2ccc(Cl)c(Cl)c2)c1. The highest BCUT2D eigenvalue weighted by Crippen LogP contribution is 2.31. The van der Waals surface area contributed by atoms with Crippen molar-refractivity contribution in [2.24, 2.45) is 5.92 Å². The molecule has 1 atom stereocenters. The Hall–Kier alpha value is -4.76. The molecule has 1 N–H and O–H groups in total. The fraction of sp³-hybridized carbons (Fsp3) is 0.108. The Morgan fingerprint density at radius 3 is 1.91 bits per heavy atom. The highest BCUT2D eigenvalue weighted by Gasteiger charge is 2.28. The molecule has 5 aromatic carbocycles. The predicted octanol–water partition coefficient (Wildman–Crippen LogP) is 8.14. The molecule has 0 spiro atoms. The number of carboxylic acids is 1. The summed E-state index contributed by atoms with van der Waals surface area (Å²) in [7, 11) is -4.26. The summed E-state index contributed by atoms with van der Waals surface area (Å²) in [5.74, 6) is -2.68. The minimum absolute atomic E-state index is 0.0542. The lowest BCUT2D eigenvalue weighted by atomic mass is 9.92. The molecule has 0 heterocycles. The van der Waals surface area contributed by atoms with Crippen molar-refractivity contribution in [3.63, 3.8) is 0 Å². The third-order valence-electron chi connectivity index (χ3n) is 7.62. The van der Waals surface area contributed by atoms with Gasteiger partial charge in [0.05, 0.1) is 33.1 Å². The number of aliphatic carboxylic acids is 1. The van der Waals surface area contributed by atoms with E-state index in [9.17, 15) is 27.9 Å². The van der Waals surface area contributed by atoms with Crippen LogP contribution in [-0.4, -0.2) is 31.1 Å². The maximum atomic E-state index is 14.1. The Bertz CT molecular complexity index is 2020. The van der Waals surface area contributed by atoms with E-state index >= 15 is 0 Å². The van der Waals surface area contributed by atoms with Crippen LogP contribution in [0.15, 0.2) is 132 Å². The summed E-state index contributed by atoms with van der Waals surface area (Å²) in [6.45, 7) is -0.147. The number of ketones is 2. The summed E-state index contributed by atoms with van der Waals surface area (Å²) in [5, 5.41) is 10.1. The summed E-state index contributed by atoms with van der Waals surface area (Å²) in [5.41, 5.74) is 2.68. The van der Waals surface area contributed by atoms with Crippen LogP contribution in [0, 0.1) is 5.92 Å². The minimum atomic E-state index is -4.26. The van der Waals surface area contributed by atoms with Gasteiger partial charge in [0.15, 0.2) is 11.6 Å². The Morgan fingerprint density at radius 2 is 1.28 bits per heavy atom. The molecule has 0 saturated heterocycles. The zero-order chi connectivity index (χ0) is 33.6. The number of sulfonamides is 1. The van der Waals surface area contributed by atoms with Crippen LogP contribution in [0.5, 0.6) is 0 Å². The summed E-state index contributed by atoms with van der Waals surface area (Å²) in [6.07, 6.45) is -0.105. The van der Waals surface area contributed by atoms with Crippen LogP contribution in [0.2, 0.25) is 10.0 Å². The van der Waals surface area contributed by atoms with E-state index in [0.717, 1.165) is 9.87 Å². The van der Waals surface area contributed by atoms with E-state index < -0.39 is 27.7 Å². The molecule has 0 fully saturated rings. The molecule has 0 bridgehead atoms. The molecular formula is C37H29Cl2NO6S. The number of carbonyl (C=O) groups excluding carboxylic acids is 2. The van der Waals surface area contributed by atoms with Gasteiger partial charge in [0.2, 0.25) is 0 Å². The van der Waals surface area contributed by atoms with Crippen LogP contribution in [0.25, 0.3) is 0 Å². The zero-order valence-electron chi connectivity index (χ0n) is 24.9. The number of carbonyl (C=O) groups is 3. The maximum absolute atomic E-state index is 14.1. The van der Waals surface area contributed by atoms with Crippen molar-refractivity contribution >= 4 is 56.4 Å². The third kappa shape index (κ3) is 8.16. The van der Waals surface area contributed by atoms with Gasteiger partial charge in [-0.1, -0.05) is 120 Å². The summed E-state index contributed by atoms with van der Waals surface area (Å²) >= 11 is 12.3. The molecule has 10 heteroatoms. The van der Waals surface area contributed by atoms with Gasteiger partial charge in [0.1, 0.15) is 0 Å². The molecule has 5 rings (SSSR count). The summed E-state index contributed by atoms with van der Waals surface area (Å²) in [4.78, 5) is 38.3. The van der Waals surface area contributed by atoms with Crippen molar-refractivity contribution in [2.75, 3.05) is 4.31 Å². The Balaban J connectivity index is 1.47. The first-order chi connectivity index (χ1) is 22.5. The van der Waals surface area contributed by atoms with Gasteiger partial charge in [0.25, 0.3) is 10.0 Å². The quantitative estimate of drug-likeness (QED) is 0.125. The summed E-state index contributed by atoms with van der Waals surface area (Å²) in [6, 6.07) is 34.5. The van der Waals surface area contributed by atoms with Gasteiger partial charge in [-0.25, -0.2) is 8.42 Å². The van der Waals surface area contributed by atoms with Gasteiger partial charge in [-0.2, -0.15) is 0 Å². The van der Waals surface area contributed by atoms with E-state index in [2.05, 4.69) is 0 Å². The molecule has 0 aliphatic heterocycles. The second-order valence-electron chi connectivity index (χ2n) is 10.9. The molecule has 238 valence electrons. The molecule has 1 unspecified atom stereocenters. The number of nitrogens with zero attached hydrogens (tertiary/aromatic N) is 1. The molecule has 0 aliphatic carbocycles. The van der Waals surface area contributed by atoms with Crippen molar-refractivity contribution in [1.82, 2.24) is 0 Å². The first-order valence-electron chi connectivity index (χ1n) is 14.6. The smallest absolute Gasteiger partial charge is 0.307 e. The van der Waals surface area contributed by atoms with E-state index in [-0.39, 0.29) is 51.4 Å². The average Bonchev–Trinajstić information content (AvgIpc) is 3.08. The van der Waals surface area contributed by atoms with Gasteiger partial charge < -0.3 is 5.11 Å². The molecule has 0 aromatic heterocycles. The van der Waals surface area contributed by atoms with E-state index in [1.807, 2.05) is 12.1 Å². The van der Waals surface area contributed by atoms with E-state index in [1.165, 1.54) is 30.3 Å². The topological polar surface area (TPSA) is 109 Å². The monoisotopic (exact) mass is 685 g/mol. The van der Waals surface area contributed by atoms with Crippen molar-refractivity contribution < 1.29 is 27.9 Å². The minimum Gasteiger partial charge on any atom is -0.481 e. The van der Waals surface area contributed by atoms with Crippen LogP contribution in [0.1, 0.15) is 43.8 Å². The third-order valence-corrected chi connectivity index (χ3v) is 10.1. The molecule has 5 aromatic rings. The van der Waals surface area contributed by atoms with E-state index in [0.29, 0.717) is 16.7 Å². The van der Waals surface area contributed by atoms with E-state index in [1.54, 1.807) is 84.9 Å². The van der Waals surface area contributed by atoms with Gasteiger partial charge >= 0.3 is 5.97 Å². The number of benzene rings is 5. The lowest BCUT2D eigenvalue weighted by Crippen LogP contribution is -2.31. The van der Waals surface area contributed by atoms with Gasteiger partial charge in [-0.15, -0.1) is 0 Å². The Kier molecular flexibility index (Phi) is 10.6. The fourth-order valence-corrected chi connectivity index (χ4v) is 6.92. The first kappa shape index (κ1) is 33.6. The number of anilines is 1. The summed E-state index contributed by atoms with van der Waals surface area (Å²) < 4.78 is 29.4. The Morgan fingerprint density at radius 1 is 0.660 bits per heavy atom. The number of hydrogen-bond acceptors (Lipinski definition) is 5. The maximum Gasteiger partial charge on any atom is 0.307 e.